The van der Waals surface area contributed by atoms with Gasteiger partial charge >= 0.3 is 0 Å². The number of ketones is 1. The molecule has 3 aromatic rings. The van der Waals surface area contributed by atoms with Crippen LogP contribution in [0, 0.1) is 0 Å². The first-order valence-corrected chi connectivity index (χ1v) is 5.50. The summed E-state index contributed by atoms with van der Waals surface area (Å²) < 4.78 is 0. The van der Waals surface area contributed by atoms with Gasteiger partial charge in [0.05, 0.1) is 11.1 Å². The lowest BCUT2D eigenvalue weighted by Crippen LogP contribution is -2.03. The molecule has 1 aromatic carbocycles. The van der Waals surface area contributed by atoms with Gasteiger partial charge in [0.1, 0.15) is 6.33 Å². The van der Waals surface area contributed by atoms with Crippen LogP contribution in [0.15, 0.2) is 55.2 Å². The second kappa shape index (κ2) is 4.33. The SMILES string of the molecule is O=C(c1cncnc1)c1cccc2cccnc12. The molecule has 0 N–H and O–H groups in total. The van der Waals surface area contributed by atoms with Crippen LogP contribution >= 0.6 is 0 Å². The Kier molecular flexibility index (Phi) is 2.53. The van der Waals surface area contributed by atoms with Gasteiger partial charge in [0.2, 0.25) is 0 Å². The van der Waals surface area contributed by atoms with Crippen LogP contribution in [0.3, 0.4) is 0 Å². The molecule has 0 amide bonds. The number of fused-ring (bicyclic) bond motifs is 1. The monoisotopic (exact) mass is 235 g/mol. The van der Waals surface area contributed by atoms with Crippen LogP contribution in [-0.2, 0) is 0 Å². The minimum Gasteiger partial charge on any atom is -0.288 e. The number of carbonyl (C=O) groups is 1. The Hall–Kier alpha value is -2.62. The summed E-state index contributed by atoms with van der Waals surface area (Å²) in [6, 6.07) is 9.33. The number of benzene rings is 1. The fourth-order valence-electron chi connectivity index (χ4n) is 1.86. The van der Waals surface area contributed by atoms with Crippen LogP contribution in [0.5, 0.6) is 0 Å². The van der Waals surface area contributed by atoms with E-state index in [-0.39, 0.29) is 5.78 Å². The number of carbonyl (C=O) groups excluding carboxylic acids is 1. The number of rotatable bonds is 2. The van der Waals surface area contributed by atoms with Crippen molar-refractivity contribution in [3.63, 3.8) is 0 Å². The highest BCUT2D eigenvalue weighted by atomic mass is 16.1. The largest absolute Gasteiger partial charge is 0.288 e. The Morgan fingerprint density at radius 3 is 2.61 bits per heavy atom. The maximum Gasteiger partial charge on any atom is 0.198 e. The maximum atomic E-state index is 12.3. The minimum absolute atomic E-state index is 0.111. The lowest BCUT2D eigenvalue weighted by molar-refractivity contribution is 0.103. The molecular weight excluding hydrogens is 226 g/mol. The first kappa shape index (κ1) is 10.5. The summed E-state index contributed by atoms with van der Waals surface area (Å²) in [4.78, 5) is 24.3. The molecule has 2 aromatic heterocycles. The Labute approximate surface area is 103 Å². The summed E-state index contributed by atoms with van der Waals surface area (Å²) in [5, 5.41) is 0.945. The van der Waals surface area contributed by atoms with E-state index in [1.807, 2.05) is 24.3 Å². The van der Waals surface area contributed by atoms with Crippen LogP contribution < -0.4 is 0 Å². The van der Waals surface area contributed by atoms with Crippen LogP contribution in [0.1, 0.15) is 15.9 Å². The minimum atomic E-state index is -0.111. The summed E-state index contributed by atoms with van der Waals surface area (Å²) in [6.45, 7) is 0. The summed E-state index contributed by atoms with van der Waals surface area (Å²) in [6.07, 6.45) is 6.10. The summed E-state index contributed by atoms with van der Waals surface area (Å²) in [5.41, 5.74) is 1.74. The summed E-state index contributed by atoms with van der Waals surface area (Å²) in [7, 11) is 0. The first-order valence-electron chi connectivity index (χ1n) is 5.50. The van der Waals surface area contributed by atoms with Crippen LogP contribution in [0.25, 0.3) is 10.9 Å². The smallest absolute Gasteiger partial charge is 0.198 e. The molecule has 18 heavy (non-hydrogen) atoms. The average Bonchev–Trinajstić information content (AvgIpc) is 2.47. The van der Waals surface area contributed by atoms with E-state index in [2.05, 4.69) is 15.0 Å². The fraction of sp³-hybridized carbons (Fsp3) is 0. The number of aromatic nitrogens is 3. The molecule has 0 aliphatic rings. The van der Waals surface area contributed by atoms with Gasteiger partial charge in [0.15, 0.2) is 5.78 Å². The number of pyridine rings is 1. The molecule has 0 saturated carbocycles. The van der Waals surface area contributed by atoms with Gasteiger partial charge in [-0.3, -0.25) is 9.78 Å². The molecule has 2 heterocycles. The van der Waals surface area contributed by atoms with Crippen molar-refractivity contribution in [1.82, 2.24) is 15.0 Å². The van der Waals surface area contributed by atoms with Gasteiger partial charge in [-0.2, -0.15) is 0 Å². The van der Waals surface area contributed by atoms with Crippen LogP contribution in [-0.4, -0.2) is 20.7 Å². The van der Waals surface area contributed by atoms with E-state index in [0.29, 0.717) is 16.6 Å². The highest BCUT2D eigenvalue weighted by Crippen LogP contribution is 2.18. The van der Waals surface area contributed by atoms with Gasteiger partial charge in [0.25, 0.3) is 0 Å². The van der Waals surface area contributed by atoms with E-state index in [1.54, 1.807) is 12.3 Å². The number of nitrogens with zero attached hydrogens (tertiary/aromatic N) is 3. The zero-order valence-corrected chi connectivity index (χ0v) is 9.45. The standard InChI is InChI=1S/C14H9N3O/c18-14(11-7-15-9-16-8-11)12-5-1-3-10-4-2-6-17-13(10)12/h1-9H. The van der Waals surface area contributed by atoms with Crippen molar-refractivity contribution in [2.24, 2.45) is 0 Å². The molecule has 0 atom stereocenters. The van der Waals surface area contributed by atoms with Crippen LogP contribution in [0.2, 0.25) is 0 Å². The van der Waals surface area contributed by atoms with Gasteiger partial charge in [-0.15, -0.1) is 0 Å². The first-order chi connectivity index (χ1) is 8.86. The summed E-state index contributed by atoms with van der Waals surface area (Å²) in [5.74, 6) is -0.111. The molecule has 0 bridgehead atoms. The third kappa shape index (κ3) is 1.73. The molecular formula is C14H9N3O. The molecule has 0 spiro atoms. The molecule has 0 fully saturated rings. The quantitative estimate of drug-likeness (QED) is 0.639. The van der Waals surface area contributed by atoms with Gasteiger partial charge in [-0.25, -0.2) is 9.97 Å². The second-order valence-electron chi connectivity index (χ2n) is 3.84. The third-order valence-corrected chi connectivity index (χ3v) is 2.70. The van der Waals surface area contributed by atoms with Gasteiger partial charge in [-0.05, 0) is 12.1 Å². The zero-order chi connectivity index (χ0) is 12.4. The lowest BCUT2D eigenvalue weighted by atomic mass is 10.0. The van der Waals surface area contributed by atoms with E-state index < -0.39 is 0 Å². The normalized spacial score (nSPS) is 10.4. The van der Waals surface area contributed by atoms with E-state index in [9.17, 15) is 4.79 Å². The molecule has 0 saturated heterocycles. The maximum absolute atomic E-state index is 12.3. The predicted molar refractivity (Wildman–Crippen MR) is 67.2 cm³/mol. The van der Waals surface area contributed by atoms with Crippen LogP contribution in [0.4, 0.5) is 0 Å². The van der Waals surface area contributed by atoms with Gasteiger partial charge < -0.3 is 0 Å². The fourth-order valence-corrected chi connectivity index (χ4v) is 1.86. The molecule has 0 aliphatic carbocycles. The van der Waals surface area contributed by atoms with Gasteiger partial charge in [0, 0.05) is 29.5 Å². The number of hydrogen-bond acceptors (Lipinski definition) is 4. The van der Waals surface area contributed by atoms with Crippen molar-refractivity contribution in [2.75, 3.05) is 0 Å². The zero-order valence-electron chi connectivity index (χ0n) is 9.45. The second-order valence-corrected chi connectivity index (χ2v) is 3.84. The van der Waals surface area contributed by atoms with E-state index >= 15 is 0 Å². The molecule has 86 valence electrons. The van der Waals surface area contributed by atoms with Crippen molar-refractivity contribution >= 4 is 16.7 Å². The molecule has 0 unspecified atom stereocenters. The number of hydrogen-bond donors (Lipinski definition) is 0. The molecule has 4 nitrogen and oxygen atoms in total. The Morgan fingerprint density at radius 2 is 1.78 bits per heavy atom. The average molecular weight is 235 g/mol. The molecule has 3 rings (SSSR count). The number of para-hydroxylation sites is 1. The Morgan fingerprint density at radius 1 is 1.00 bits per heavy atom. The van der Waals surface area contributed by atoms with Crippen molar-refractivity contribution in [2.45, 2.75) is 0 Å². The Bertz CT molecular complexity index is 705. The van der Waals surface area contributed by atoms with Gasteiger partial charge in [-0.1, -0.05) is 18.2 Å². The van der Waals surface area contributed by atoms with Crippen molar-refractivity contribution < 1.29 is 4.79 Å². The van der Waals surface area contributed by atoms with Crippen molar-refractivity contribution in [3.05, 3.63) is 66.4 Å². The molecule has 0 aliphatic heterocycles. The lowest BCUT2D eigenvalue weighted by Gasteiger charge is -2.04. The van der Waals surface area contributed by atoms with E-state index in [0.717, 1.165) is 5.39 Å². The Balaban J connectivity index is 2.18. The predicted octanol–water partition coefficient (Wildman–Crippen LogP) is 2.26. The molecule has 4 heteroatoms. The van der Waals surface area contributed by atoms with E-state index in [1.165, 1.54) is 18.7 Å². The van der Waals surface area contributed by atoms with Crippen molar-refractivity contribution in [1.29, 1.82) is 0 Å². The highest BCUT2D eigenvalue weighted by Gasteiger charge is 2.13. The highest BCUT2D eigenvalue weighted by molar-refractivity contribution is 6.15. The van der Waals surface area contributed by atoms with Crippen molar-refractivity contribution in [3.8, 4) is 0 Å². The van der Waals surface area contributed by atoms with E-state index in [4.69, 9.17) is 0 Å². The topological polar surface area (TPSA) is 55.7 Å². The molecule has 0 radical (unpaired) electrons. The third-order valence-electron chi connectivity index (χ3n) is 2.70. The summed E-state index contributed by atoms with van der Waals surface area (Å²) >= 11 is 0.